The number of allylic oxidation sites excluding steroid dienone is 2. The molecule has 2 heteroatoms. The van der Waals surface area contributed by atoms with Gasteiger partial charge in [-0.3, -0.25) is 0 Å². The minimum Gasteiger partial charge on any atom is -0.381 e. The van der Waals surface area contributed by atoms with Gasteiger partial charge in [0.25, 0.3) is 0 Å². The van der Waals surface area contributed by atoms with Gasteiger partial charge < -0.3 is 4.74 Å². The van der Waals surface area contributed by atoms with Crippen molar-refractivity contribution >= 4 is 11.6 Å². The molecule has 0 amide bonds. The SMILES string of the molecule is CCOCC1(CCl)CC=CC1. The highest BCUT2D eigenvalue weighted by molar-refractivity contribution is 6.18. The summed E-state index contributed by atoms with van der Waals surface area (Å²) in [6.45, 7) is 3.61. The quantitative estimate of drug-likeness (QED) is 0.470. The molecule has 0 fully saturated rings. The largest absolute Gasteiger partial charge is 0.381 e. The van der Waals surface area contributed by atoms with Gasteiger partial charge in [-0.15, -0.1) is 11.6 Å². The van der Waals surface area contributed by atoms with Crippen LogP contribution in [0.2, 0.25) is 0 Å². The zero-order valence-electron chi connectivity index (χ0n) is 6.98. The highest BCUT2D eigenvalue weighted by Crippen LogP contribution is 2.34. The molecule has 0 bridgehead atoms. The molecule has 0 saturated carbocycles. The molecule has 0 saturated heterocycles. The van der Waals surface area contributed by atoms with Crippen LogP contribution in [0.15, 0.2) is 12.2 Å². The average Bonchev–Trinajstić information content (AvgIpc) is 2.50. The van der Waals surface area contributed by atoms with Crippen molar-refractivity contribution in [2.24, 2.45) is 5.41 Å². The standard InChI is InChI=1S/C9H15ClO/c1-2-11-8-9(7-10)5-3-4-6-9/h3-4H,2,5-8H2,1H3. The van der Waals surface area contributed by atoms with Crippen LogP contribution in [0.3, 0.4) is 0 Å². The summed E-state index contributed by atoms with van der Waals surface area (Å²) in [7, 11) is 0. The second-order valence-corrected chi connectivity index (χ2v) is 3.42. The summed E-state index contributed by atoms with van der Waals surface area (Å²) in [6.07, 6.45) is 6.55. The maximum atomic E-state index is 5.88. The van der Waals surface area contributed by atoms with Gasteiger partial charge in [-0.2, -0.15) is 0 Å². The van der Waals surface area contributed by atoms with Crippen LogP contribution in [-0.4, -0.2) is 19.1 Å². The number of alkyl halides is 1. The van der Waals surface area contributed by atoms with E-state index in [4.69, 9.17) is 16.3 Å². The first-order valence-corrected chi connectivity index (χ1v) is 4.65. The van der Waals surface area contributed by atoms with Crippen LogP contribution in [-0.2, 0) is 4.74 Å². The maximum Gasteiger partial charge on any atom is 0.0539 e. The fourth-order valence-electron chi connectivity index (χ4n) is 1.33. The van der Waals surface area contributed by atoms with E-state index in [1.54, 1.807) is 0 Å². The van der Waals surface area contributed by atoms with Gasteiger partial charge >= 0.3 is 0 Å². The number of halogens is 1. The van der Waals surface area contributed by atoms with E-state index in [2.05, 4.69) is 12.2 Å². The van der Waals surface area contributed by atoms with Gasteiger partial charge in [-0.1, -0.05) is 12.2 Å². The third-order valence-corrected chi connectivity index (χ3v) is 2.73. The van der Waals surface area contributed by atoms with E-state index in [-0.39, 0.29) is 5.41 Å². The zero-order valence-corrected chi connectivity index (χ0v) is 7.73. The van der Waals surface area contributed by atoms with Crippen LogP contribution in [0.25, 0.3) is 0 Å². The smallest absolute Gasteiger partial charge is 0.0539 e. The molecule has 1 nitrogen and oxygen atoms in total. The second-order valence-electron chi connectivity index (χ2n) is 3.15. The average molecular weight is 175 g/mol. The Balaban J connectivity index is 2.35. The molecule has 0 aliphatic heterocycles. The third-order valence-electron chi connectivity index (χ3n) is 2.16. The van der Waals surface area contributed by atoms with Crippen molar-refractivity contribution in [1.29, 1.82) is 0 Å². The van der Waals surface area contributed by atoms with Crippen LogP contribution in [0, 0.1) is 5.41 Å². The lowest BCUT2D eigenvalue weighted by Gasteiger charge is -2.25. The summed E-state index contributed by atoms with van der Waals surface area (Å²) in [5, 5.41) is 0. The van der Waals surface area contributed by atoms with E-state index in [1.807, 2.05) is 6.92 Å². The first-order chi connectivity index (χ1) is 5.33. The monoisotopic (exact) mass is 174 g/mol. The summed E-state index contributed by atoms with van der Waals surface area (Å²) >= 11 is 5.88. The molecule has 0 aromatic rings. The molecule has 0 spiro atoms. The van der Waals surface area contributed by atoms with Crippen LogP contribution in [0.5, 0.6) is 0 Å². The van der Waals surface area contributed by atoms with Crippen molar-refractivity contribution in [1.82, 2.24) is 0 Å². The van der Waals surface area contributed by atoms with Gasteiger partial charge in [-0.05, 0) is 19.8 Å². The van der Waals surface area contributed by atoms with Gasteiger partial charge in [0.1, 0.15) is 0 Å². The second kappa shape index (κ2) is 4.13. The molecule has 0 unspecified atom stereocenters. The van der Waals surface area contributed by atoms with Crippen LogP contribution in [0.4, 0.5) is 0 Å². The molecule has 1 rings (SSSR count). The Hall–Kier alpha value is -0.0100. The van der Waals surface area contributed by atoms with Crippen molar-refractivity contribution in [2.45, 2.75) is 19.8 Å². The Labute approximate surface area is 73.4 Å². The van der Waals surface area contributed by atoms with Gasteiger partial charge in [0.2, 0.25) is 0 Å². The summed E-state index contributed by atoms with van der Waals surface area (Å²) in [5.41, 5.74) is 0.220. The lowest BCUT2D eigenvalue weighted by atomic mass is 9.89. The predicted octanol–water partition coefficient (Wildman–Crippen LogP) is 2.60. The fourth-order valence-corrected chi connectivity index (χ4v) is 1.63. The minimum absolute atomic E-state index is 0.220. The van der Waals surface area contributed by atoms with Crippen molar-refractivity contribution in [3.63, 3.8) is 0 Å². The van der Waals surface area contributed by atoms with E-state index in [0.29, 0.717) is 5.88 Å². The number of hydrogen-bond acceptors (Lipinski definition) is 1. The Morgan fingerprint density at radius 1 is 1.45 bits per heavy atom. The van der Waals surface area contributed by atoms with Crippen LogP contribution < -0.4 is 0 Å². The molecule has 0 radical (unpaired) electrons. The third kappa shape index (κ3) is 2.21. The molecule has 11 heavy (non-hydrogen) atoms. The van der Waals surface area contributed by atoms with E-state index >= 15 is 0 Å². The molecule has 0 N–H and O–H groups in total. The number of ether oxygens (including phenoxy) is 1. The van der Waals surface area contributed by atoms with Crippen LogP contribution >= 0.6 is 11.6 Å². The van der Waals surface area contributed by atoms with Gasteiger partial charge in [0.05, 0.1) is 6.61 Å². The summed E-state index contributed by atoms with van der Waals surface area (Å²) in [4.78, 5) is 0. The molecular weight excluding hydrogens is 160 g/mol. The first-order valence-electron chi connectivity index (χ1n) is 4.12. The highest BCUT2D eigenvalue weighted by atomic mass is 35.5. The Morgan fingerprint density at radius 2 is 2.09 bits per heavy atom. The van der Waals surface area contributed by atoms with Gasteiger partial charge in [-0.25, -0.2) is 0 Å². The van der Waals surface area contributed by atoms with Crippen molar-refractivity contribution < 1.29 is 4.74 Å². The highest BCUT2D eigenvalue weighted by Gasteiger charge is 2.29. The topological polar surface area (TPSA) is 9.23 Å². The molecule has 1 aliphatic carbocycles. The Morgan fingerprint density at radius 3 is 2.55 bits per heavy atom. The molecular formula is C9H15ClO. The molecule has 0 heterocycles. The van der Waals surface area contributed by atoms with Crippen molar-refractivity contribution in [2.75, 3.05) is 19.1 Å². The molecule has 0 aromatic heterocycles. The lowest BCUT2D eigenvalue weighted by molar-refractivity contribution is 0.0697. The summed E-state index contributed by atoms with van der Waals surface area (Å²) < 4.78 is 5.39. The fraction of sp³-hybridized carbons (Fsp3) is 0.778. The first kappa shape index (κ1) is 9.08. The minimum atomic E-state index is 0.220. The molecule has 0 aromatic carbocycles. The number of rotatable bonds is 4. The lowest BCUT2D eigenvalue weighted by Crippen LogP contribution is -2.25. The molecule has 64 valence electrons. The zero-order chi connectivity index (χ0) is 8.16. The molecule has 0 atom stereocenters. The summed E-state index contributed by atoms with van der Waals surface area (Å²) in [6, 6.07) is 0. The van der Waals surface area contributed by atoms with Gasteiger partial charge in [0, 0.05) is 17.9 Å². The molecule has 1 aliphatic rings. The van der Waals surface area contributed by atoms with Crippen LogP contribution in [0.1, 0.15) is 19.8 Å². The predicted molar refractivity (Wildman–Crippen MR) is 48.0 cm³/mol. The Bertz CT molecular complexity index is 134. The normalized spacial score (nSPS) is 20.9. The van der Waals surface area contributed by atoms with E-state index in [0.717, 1.165) is 26.1 Å². The van der Waals surface area contributed by atoms with E-state index in [9.17, 15) is 0 Å². The van der Waals surface area contributed by atoms with E-state index < -0.39 is 0 Å². The van der Waals surface area contributed by atoms with Crippen molar-refractivity contribution in [3.8, 4) is 0 Å². The summed E-state index contributed by atoms with van der Waals surface area (Å²) in [5.74, 6) is 0.708. The van der Waals surface area contributed by atoms with E-state index in [1.165, 1.54) is 0 Å². The maximum absolute atomic E-state index is 5.88. The van der Waals surface area contributed by atoms with Gasteiger partial charge in [0.15, 0.2) is 0 Å². The van der Waals surface area contributed by atoms with Crippen molar-refractivity contribution in [3.05, 3.63) is 12.2 Å². The number of hydrogen-bond donors (Lipinski definition) is 0. The Kier molecular flexibility index (Phi) is 3.41.